The van der Waals surface area contributed by atoms with Gasteiger partial charge < -0.3 is 5.73 Å². The molecule has 0 aliphatic carbocycles. The first kappa shape index (κ1) is 14.9. The van der Waals surface area contributed by atoms with E-state index in [1.165, 1.54) is 0 Å². The first-order valence-electron chi connectivity index (χ1n) is 6.92. The molecule has 0 unspecified atom stereocenters. The zero-order valence-electron chi connectivity index (χ0n) is 11.8. The number of para-hydroxylation sites is 1. The number of benzene rings is 1. The van der Waals surface area contributed by atoms with Crippen molar-refractivity contribution in [2.45, 2.75) is 32.6 Å². The summed E-state index contributed by atoms with van der Waals surface area (Å²) < 4.78 is 0. The summed E-state index contributed by atoms with van der Waals surface area (Å²) in [6.45, 7) is 2.03. The van der Waals surface area contributed by atoms with Gasteiger partial charge in [0.25, 0.3) is 0 Å². The quantitative estimate of drug-likeness (QED) is 0.379. The van der Waals surface area contributed by atoms with Crippen molar-refractivity contribution in [3.8, 4) is 0 Å². The van der Waals surface area contributed by atoms with E-state index in [4.69, 9.17) is 5.73 Å². The molecule has 110 valence electrons. The molecule has 2 aromatic rings. The molecule has 2 rings (SSSR count). The number of unbranched alkanes of at least 4 members (excludes halogenated alkanes) is 2. The predicted octanol–water partition coefficient (Wildman–Crippen LogP) is 3.49. The number of hydrogen-bond acceptors (Lipinski definition) is 5. The van der Waals surface area contributed by atoms with Crippen molar-refractivity contribution in [1.82, 2.24) is 4.98 Å². The average molecular weight is 287 g/mol. The summed E-state index contributed by atoms with van der Waals surface area (Å²) in [6.07, 6.45) is 2.89. The van der Waals surface area contributed by atoms with E-state index in [1.54, 1.807) is 24.3 Å². The topological polar surface area (TPSA) is 99.1 Å². The van der Waals surface area contributed by atoms with Crippen LogP contribution in [0.4, 0.5) is 11.5 Å². The molecule has 0 amide bonds. The number of nitrogen functional groups attached to an aromatic ring is 1. The molecule has 1 heterocycles. The molecule has 0 aliphatic heterocycles. The zero-order chi connectivity index (χ0) is 15.4. The Morgan fingerprint density at radius 3 is 2.71 bits per heavy atom. The Labute approximate surface area is 122 Å². The number of nitrogens with zero attached hydrogens (tertiary/aromatic N) is 2. The van der Waals surface area contributed by atoms with Crippen LogP contribution in [0.2, 0.25) is 0 Å². The fourth-order valence-corrected chi connectivity index (χ4v) is 2.35. The lowest BCUT2D eigenvalue weighted by Crippen LogP contribution is -2.09. The van der Waals surface area contributed by atoms with Crippen molar-refractivity contribution < 1.29 is 9.72 Å². The van der Waals surface area contributed by atoms with Gasteiger partial charge in [-0.25, -0.2) is 4.98 Å². The molecule has 0 bridgehead atoms. The minimum Gasteiger partial charge on any atom is -0.378 e. The van der Waals surface area contributed by atoms with Gasteiger partial charge in [-0.05, 0) is 12.5 Å². The van der Waals surface area contributed by atoms with Crippen LogP contribution >= 0.6 is 0 Å². The molecule has 1 aromatic heterocycles. The fraction of sp³-hybridized carbons (Fsp3) is 0.333. The Morgan fingerprint density at radius 1 is 1.33 bits per heavy atom. The summed E-state index contributed by atoms with van der Waals surface area (Å²) >= 11 is 0. The van der Waals surface area contributed by atoms with E-state index >= 15 is 0 Å². The number of aromatic nitrogens is 1. The molecule has 0 saturated carbocycles. The van der Waals surface area contributed by atoms with Crippen LogP contribution in [0.15, 0.2) is 24.3 Å². The third-order valence-corrected chi connectivity index (χ3v) is 3.36. The molecule has 0 saturated heterocycles. The summed E-state index contributed by atoms with van der Waals surface area (Å²) in [7, 11) is 0. The van der Waals surface area contributed by atoms with Crippen molar-refractivity contribution >= 4 is 28.2 Å². The van der Waals surface area contributed by atoms with Crippen molar-refractivity contribution in [2.24, 2.45) is 0 Å². The number of hydrogen-bond donors (Lipinski definition) is 1. The van der Waals surface area contributed by atoms with Gasteiger partial charge >= 0.3 is 5.69 Å². The highest BCUT2D eigenvalue weighted by Crippen LogP contribution is 2.32. The molecule has 21 heavy (non-hydrogen) atoms. The third kappa shape index (κ3) is 2.99. The molecular weight excluding hydrogens is 270 g/mol. The lowest BCUT2D eigenvalue weighted by Gasteiger charge is -2.08. The molecule has 0 spiro atoms. The molecule has 0 radical (unpaired) electrons. The first-order valence-corrected chi connectivity index (χ1v) is 6.92. The Bertz CT molecular complexity index is 698. The van der Waals surface area contributed by atoms with Crippen molar-refractivity contribution in [1.29, 1.82) is 0 Å². The smallest absolute Gasteiger partial charge is 0.322 e. The van der Waals surface area contributed by atoms with Crippen LogP contribution in [0.25, 0.3) is 10.9 Å². The van der Waals surface area contributed by atoms with Crippen LogP contribution in [-0.4, -0.2) is 15.7 Å². The summed E-state index contributed by atoms with van der Waals surface area (Å²) in [5.41, 5.74) is 5.88. The largest absolute Gasteiger partial charge is 0.378 e. The fourth-order valence-electron chi connectivity index (χ4n) is 2.35. The van der Waals surface area contributed by atoms with Crippen LogP contribution in [-0.2, 0) is 0 Å². The van der Waals surface area contributed by atoms with Gasteiger partial charge in [0.1, 0.15) is 5.56 Å². The summed E-state index contributed by atoms with van der Waals surface area (Å²) in [4.78, 5) is 27.1. The second-order valence-corrected chi connectivity index (χ2v) is 4.88. The van der Waals surface area contributed by atoms with E-state index in [0.29, 0.717) is 17.3 Å². The number of anilines is 1. The van der Waals surface area contributed by atoms with Gasteiger partial charge in [0, 0.05) is 11.8 Å². The minimum absolute atomic E-state index is 0.0826. The summed E-state index contributed by atoms with van der Waals surface area (Å²) in [5.74, 6) is -0.460. The van der Waals surface area contributed by atoms with Crippen LogP contribution in [0.1, 0.15) is 43.0 Å². The number of nitro groups is 1. The number of rotatable bonds is 6. The van der Waals surface area contributed by atoms with E-state index in [2.05, 4.69) is 4.98 Å². The van der Waals surface area contributed by atoms with Crippen molar-refractivity contribution in [2.75, 3.05) is 5.73 Å². The Kier molecular flexibility index (Phi) is 4.47. The van der Waals surface area contributed by atoms with E-state index in [-0.39, 0.29) is 29.3 Å². The van der Waals surface area contributed by atoms with E-state index in [0.717, 1.165) is 12.8 Å². The van der Waals surface area contributed by atoms with Crippen molar-refractivity contribution in [3.05, 3.63) is 39.9 Å². The normalized spacial score (nSPS) is 10.7. The molecule has 0 fully saturated rings. The number of ketones is 1. The summed E-state index contributed by atoms with van der Waals surface area (Å²) in [5, 5.41) is 11.7. The number of nitrogens with two attached hydrogens (primary N) is 1. The van der Waals surface area contributed by atoms with Crippen molar-refractivity contribution in [3.63, 3.8) is 0 Å². The van der Waals surface area contributed by atoms with Gasteiger partial charge in [0.05, 0.1) is 10.4 Å². The standard InChI is InChI=1S/C15H17N3O3/c1-2-3-4-9-12(19)13-10-7-5-6-8-11(10)17-15(16)14(13)18(20)21/h5-8H,2-4,9H2,1H3,(H2,16,17). The molecular formula is C15H17N3O3. The molecule has 2 N–H and O–H groups in total. The average Bonchev–Trinajstić information content (AvgIpc) is 2.45. The first-order chi connectivity index (χ1) is 10.1. The maximum absolute atomic E-state index is 12.4. The second-order valence-electron chi connectivity index (χ2n) is 4.88. The lowest BCUT2D eigenvalue weighted by atomic mass is 9.99. The van der Waals surface area contributed by atoms with Gasteiger partial charge in [0.15, 0.2) is 5.78 Å². The highest BCUT2D eigenvalue weighted by atomic mass is 16.6. The number of carbonyl (C=O) groups excluding carboxylic acids is 1. The Morgan fingerprint density at radius 2 is 2.05 bits per heavy atom. The molecule has 0 aliphatic rings. The number of carbonyl (C=O) groups is 1. The Balaban J connectivity index is 2.59. The highest BCUT2D eigenvalue weighted by molar-refractivity contribution is 6.12. The summed E-state index contributed by atoms with van der Waals surface area (Å²) in [6, 6.07) is 6.85. The van der Waals surface area contributed by atoms with Crippen LogP contribution in [0.3, 0.4) is 0 Å². The molecule has 6 nitrogen and oxygen atoms in total. The highest BCUT2D eigenvalue weighted by Gasteiger charge is 2.27. The lowest BCUT2D eigenvalue weighted by molar-refractivity contribution is -0.384. The SMILES string of the molecule is CCCCCC(=O)c1c([N+](=O)[O-])c(N)nc2ccccc12. The van der Waals surface area contributed by atoms with Crippen LogP contribution in [0.5, 0.6) is 0 Å². The monoisotopic (exact) mass is 287 g/mol. The molecule has 1 aromatic carbocycles. The Hall–Kier alpha value is -2.50. The minimum atomic E-state index is -0.623. The molecule has 6 heteroatoms. The number of fused-ring (bicyclic) bond motifs is 1. The predicted molar refractivity (Wildman–Crippen MR) is 81.3 cm³/mol. The molecule has 0 atom stereocenters. The van der Waals surface area contributed by atoms with Crippen LogP contribution < -0.4 is 5.73 Å². The van der Waals surface area contributed by atoms with Gasteiger partial charge in [-0.2, -0.15) is 0 Å². The van der Waals surface area contributed by atoms with Gasteiger partial charge in [0.2, 0.25) is 5.82 Å². The zero-order valence-corrected chi connectivity index (χ0v) is 11.8. The maximum atomic E-state index is 12.4. The third-order valence-electron chi connectivity index (χ3n) is 3.36. The van der Waals surface area contributed by atoms with Crippen LogP contribution in [0, 0.1) is 10.1 Å². The van der Waals surface area contributed by atoms with E-state index < -0.39 is 4.92 Å². The second kappa shape index (κ2) is 6.30. The van der Waals surface area contributed by atoms with Gasteiger partial charge in [-0.15, -0.1) is 0 Å². The van der Waals surface area contributed by atoms with Gasteiger partial charge in [-0.1, -0.05) is 38.0 Å². The van der Waals surface area contributed by atoms with Gasteiger partial charge in [-0.3, -0.25) is 14.9 Å². The number of pyridine rings is 1. The number of Topliss-reactive ketones (excluding diaryl/α,β-unsaturated/α-hetero) is 1. The van der Waals surface area contributed by atoms with E-state index in [1.807, 2.05) is 6.92 Å². The maximum Gasteiger partial charge on any atom is 0.322 e. The van der Waals surface area contributed by atoms with E-state index in [9.17, 15) is 14.9 Å².